The smallest absolute Gasteiger partial charge is 0.312 e. The van der Waals surface area contributed by atoms with Crippen molar-refractivity contribution in [2.45, 2.75) is 12.8 Å². The third-order valence-corrected chi connectivity index (χ3v) is 3.62. The van der Waals surface area contributed by atoms with Gasteiger partial charge >= 0.3 is 5.69 Å². The summed E-state index contributed by atoms with van der Waals surface area (Å²) >= 11 is 3.12. The number of hydrogen-bond donors (Lipinski definition) is 2. The summed E-state index contributed by atoms with van der Waals surface area (Å²) in [5.41, 5.74) is 3.05. The van der Waals surface area contributed by atoms with Crippen LogP contribution in [-0.2, 0) is 11.2 Å². The lowest BCUT2D eigenvalue weighted by Gasteiger charge is -2.02. The van der Waals surface area contributed by atoms with E-state index >= 15 is 0 Å². The van der Waals surface area contributed by atoms with Crippen LogP contribution in [0.25, 0.3) is 0 Å². The van der Waals surface area contributed by atoms with E-state index in [1.165, 1.54) is 12.1 Å². The van der Waals surface area contributed by atoms with Gasteiger partial charge in [-0.15, -0.1) is 0 Å². The van der Waals surface area contributed by atoms with Gasteiger partial charge in [-0.3, -0.25) is 14.9 Å². The third-order valence-electron chi connectivity index (χ3n) is 3.16. The highest BCUT2D eigenvalue weighted by atomic mass is 79.9. The maximum Gasteiger partial charge on any atom is 0.312 e. The molecule has 0 spiro atoms. The van der Waals surface area contributed by atoms with E-state index < -0.39 is 16.4 Å². The zero-order valence-corrected chi connectivity index (χ0v) is 14.1. The zero-order valence-electron chi connectivity index (χ0n) is 12.5. The number of hydrazone groups is 1. The summed E-state index contributed by atoms with van der Waals surface area (Å²) in [6.45, 7) is 0. The fourth-order valence-corrected chi connectivity index (χ4v) is 2.44. The third kappa shape index (κ3) is 4.88. The van der Waals surface area contributed by atoms with Gasteiger partial charge in [0.15, 0.2) is 0 Å². The van der Waals surface area contributed by atoms with E-state index in [0.717, 1.165) is 11.8 Å². The molecule has 0 aliphatic rings. The summed E-state index contributed by atoms with van der Waals surface area (Å²) < 4.78 is 0.420. The number of nitro benzene ring substituents is 1. The number of nitro groups is 1. The van der Waals surface area contributed by atoms with Crippen LogP contribution in [0.3, 0.4) is 0 Å². The van der Waals surface area contributed by atoms with E-state index in [4.69, 9.17) is 0 Å². The van der Waals surface area contributed by atoms with Crippen molar-refractivity contribution in [2.24, 2.45) is 5.10 Å². The van der Waals surface area contributed by atoms with Gasteiger partial charge in [-0.25, -0.2) is 5.43 Å². The number of phenols is 1. The molecule has 0 saturated heterocycles. The molecule has 8 heteroatoms. The molecular formula is C16H14BrN3O4. The number of carbonyl (C=O) groups excluding carboxylic acids is 1. The fourth-order valence-electron chi connectivity index (χ4n) is 1.98. The number of hydrogen-bond acceptors (Lipinski definition) is 5. The Labute approximate surface area is 146 Å². The van der Waals surface area contributed by atoms with Crippen LogP contribution in [-0.4, -0.2) is 22.2 Å². The largest absolute Gasteiger partial charge is 0.502 e. The molecule has 0 aliphatic carbocycles. The Morgan fingerprint density at radius 1 is 1.33 bits per heavy atom. The lowest BCUT2D eigenvalue weighted by atomic mass is 10.1. The van der Waals surface area contributed by atoms with Gasteiger partial charge in [0.2, 0.25) is 11.7 Å². The van der Waals surface area contributed by atoms with Crippen LogP contribution in [0.15, 0.2) is 52.0 Å². The number of phenolic OH excluding ortho intramolecular Hbond substituents is 1. The number of amides is 1. The second-order valence-corrected chi connectivity index (χ2v) is 5.81. The first kappa shape index (κ1) is 17.6. The van der Waals surface area contributed by atoms with Gasteiger partial charge < -0.3 is 5.11 Å². The van der Waals surface area contributed by atoms with Gasteiger partial charge in [0.1, 0.15) is 0 Å². The number of carbonyl (C=O) groups is 1. The maximum absolute atomic E-state index is 11.7. The number of halogens is 1. The van der Waals surface area contributed by atoms with Crippen molar-refractivity contribution >= 4 is 33.7 Å². The Morgan fingerprint density at radius 3 is 2.71 bits per heavy atom. The molecule has 2 aromatic carbocycles. The van der Waals surface area contributed by atoms with Gasteiger partial charge in [0.25, 0.3) is 0 Å². The lowest BCUT2D eigenvalue weighted by Crippen LogP contribution is -2.17. The molecule has 2 aromatic rings. The van der Waals surface area contributed by atoms with E-state index in [9.17, 15) is 20.0 Å². The Balaban J connectivity index is 1.96. The van der Waals surface area contributed by atoms with Crippen molar-refractivity contribution in [3.05, 3.63) is 68.2 Å². The summed E-state index contributed by atoms with van der Waals surface area (Å²) in [7, 11) is 0. The zero-order chi connectivity index (χ0) is 17.5. The van der Waals surface area contributed by atoms with E-state index in [1.807, 2.05) is 30.3 Å². The van der Waals surface area contributed by atoms with Crippen molar-refractivity contribution in [2.75, 3.05) is 0 Å². The number of benzene rings is 2. The van der Waals surface area contributed by atoms with Crippen LogP contribution in [0.1, 0.15) is 17.5 Å². The standard InChI is InChI=1S/C16H14BrN3O4/c17-13-8-12(16(22)14(9-13)20(23)24)10-18-19-15(21)7-6-11-4-2-1-3-5-11/h1-5,8-10,22H,6-7H2,(H,19,21)/b18-10-. The average molecular weight is 392 g/mol. The summed E-state index contributed by atoms with van der Waals surface area (Å²) in [6, 6.07) is 12.2. The molecule has 0 fully saturated rings. The number of nitrogens with zero attached hydrogens (tertiary/aromatic N) is 2. The van der Waals surface area contributed by atoms with Gasteiger partial charge in [-0.05, 0) is 18.1 Å². The highest BCUT2D eigenvalue weighted by Gasteiger charge is 2.17. The average Bonchev–Trinajstić information content (AvgIpc) is 2.56. The number of aromatic hydroxyl groups is 1. The summed E-state index contributed by atoms with van der Waals surface area (Å²) in [6.07, 6.45) is 2.00. The normalized spacial score (nSPS) is 10.7. The van der Waals surface area contributed by atoms with Crippen molar-refractivity contribution in [3.8, 4) is 5.75 Å². The summed E-state index contributed by atoms with van der Waals surface area (Å²) in [4.78, 5) is 21.9. The number of aryl methyl sites for hydroxylation is 1. The second-order valence-electron chi connectivity index (χ2n) is 4.90. The Bertz CT molecular complexity index is 778. The van der Waals surface area contributed by atoms with Crippen LogP contribution in [0, 0.1) is 10.1 Å². The van der Waals surface area contributed by atoms with Crippen LogP contribution in [0.5, 0.6) is 5.75 Å². The molecular weight excluding hydrogens is 378 g/mol. The molecule has 1 amide bonds. The lowest BCUT2D eigenvalue weighted by molar-refractivity contribution is -0.385. The first-order valence-electron chi connectivity index (χ1n) is 7.00. The van der Waals surface area contributed by atoms with Crippen molar-refractivity contribution in [1.82, 2.24) is 5.43 Å². The molecule has 0 unspecified atom stereocenters. The number of rotatable bonds is 6. The predicted octanol–water partition coefficient (Wildman–Crippen LogP) is 3.15. The molecule has 0 radical (unpaired) electrons. The molecule has 0 aromatic heterocycles. The molecule has 7 nitrogen and oxygen atoms in total. The minimum Gasteiger partial charge on any atom is -0.502 e. The van der Waals surface area contributed by atoms with Gasteiger partial charge in [-0.1, -0.05) is 46.3 Å². The molecule has 124 valence electrons. The minimum atomic E-state index is -0.699. The van der Waals surface area contributed by atoms with Crippen molar-refractivity contribution in [1.29, 1.82) is 0 Å². The predicted molar refractivity (Wildman–Crippen MR) is 93.0 cm³/mol. The molecule has 2 N–H and O–H groups in total. The molecule has 0 bridgehead atoms. The summed E-state index contributed by atoms with van der Waals surface area (Å²) in [5, 5.41) is 24.4. The minimum absolute atomic E-state index is 0.124. The van der Waals surface area contributed by atoms with Gasteiger partial charge in [0.05, 0.1) is 11.1 Å². The fraction of sp³-hybridized carbons (Fsp3) is 0.125. The SMILES string of the molecule is O=C(CCc1ccccc1)N/N=C\c1cc(Br)cc([N+](=O)[O-])c1O. The van der Waals surface area contributed by atoms with E-state index in [1.54, 1.807) is 0 Å². The topological polar surface area (TPSA) is 105 Å². The van der Waals surface area contributed by atoms with E-state index in [0.29, 0.717) is 10.9 Å². The van der Waals surface area contributed by atoms with Gasteiger partial charge in [-0.2, -0.15) is 5.10 Å². The van der Waals surface area contributed by atoms with Crippen LogP contribution < -0.4 is 5.43 Å². The maximum atomic E-state index is 11.7. The Hall–Kier alpha value is -2.74. The van der Waals surface area contributed by atoms with Crippen LogP contribution in [0.4, 0.5) is 5.69 Å². The highest BCUT2D eigenvalue weighted by molar-refractivity contribution is 9.10. The summed E-state index contributed by atoms with van der Waals surface area (Å²) in [5.74, 6) is -0.801. The molecule has 24 heavy (non-hydrogen) atoms. The monoisotopic (exact) mass is 391 g/mol. The van der Waals surface area contributed by atoms with Gasteiger partial charge in [0, 0.05) is 22.5 Å². The molecule has 0 heterocycles. The first-order valence-corrected chi connectivity index (χ1v) is 7.79. The molecule has 2 rings (SSSR count). The second kappa shape index (κ2) is 8.21. The van der Waals surface area contributed by atoms with E-state index in [2.05, 4.69) is 26.5 Å². The van der Waals surface area contributed by atoms with E-state index in [-0.39, 0.29) is 17.9 Å². The Morgan fingerprint density at radius 2 is 2.04 bits per heavy atom. The Kier molecular flexibility index (Phi) is 6.02. The first-order chi connectivity index (χ1) is 11.5. The highest BCUT2D eigenvalue weighted by Crippen LogP contribution is 2.32. The van der Waals surface area contributed by atoms with Crippen molar-refractivity contribution < 1.29 is 14.8 Å². The molecule has 0 aliphatic heterocycles. The quantitative estimate of drug-likeness (QED) is 0.448. The van der Waals surface area contributed by atoms with Crippen molar-refractivity contribution in [3.63, 3.8) is 0 Å². The molecule has 0 saturated carbocycles. The van der Waals surface area contributed by atoms with Crippen LogP contribution >= 0.6 is 15.9 Å². The molecule has 0 atom stereocenters. The van der Waals surface area contributed by atoms with Crippen LogP contribution in [0.2, 0.25) is 0 Å². The number of nitrogens with one attached hydrogen (secondary N) is 1.